The van der Waals surface area contributed by atoms with Crippen molar-refractivity contribution in [2.24, 2.45) is 4.99 Å². The highest BCUT2D eigenvalue weighted by molar-refractivity contribution is 5.69. The van der Waals surface area contributed by atoms with E-state index in [9.17, 15) is 0 Å². The van der Waals surface area contributed by atoms with Gasteiger partial charge >= 0.3 is 0 Å². The van der Waals surface area contributed by atoms with Gasteiger partial charge in [-0.1, -0.05) is 49.4 Å². The number of hydrogen-bond donors (Lipinski definition) is 0. The molecule has 1 aliphatic rings. The highest BCUT2D eigenvalue weighted by Crippen LogP contribution is 2.31. The fraction of sp³-hybridized carbons (Fsp3) is 0.314. The van der Waals surface area contributed by atoms with Gasteiger partial charge < -0.3 is 9.56 Å². The first-order valence-corrected chi connectivity index (χ1v) is 14.1. The number of aryl methyl sites for hydroxylation is 2. The number of imidazole rings is 1. The summed E-state index contributed by atoms with van der Waals surface area (Å²) in [5.74, 6) is 0.978. The minimum absolute atomic E-state index is 0.978. The van der Waals surface area contributed by atoms with Crippen molar-refractivity contribution < 1.29 is 0 Å². The molecule has 4 heteroatoms. The second-order valence-corrected chi connectivity index (χ2v) is 9.71. The second kappa shape index (κ2) is 14.9. The minimum atomic E-state index is 0.978. The molecule has 5 rings (SSSR count). The Balaban J connectivity index is 0.000000542. The Hall–Kier alpha value is -3.92. The van der Waals surface area contributed by atoms with Crippen LogP contribution in [-0.2, 0) is 12.8 Å². The lowest BCUT2D eigenvalue weighted by atomic mass is 9.98. The smallest absolute Gasteiger partial charge is 0.144 e. The number of fused-ring (bicyclic) bond motifs is 1. The van der Waals surface area contributed by atoms with Crippen LogP contribution in [0.25, 0.3) is 28.3 Å². The molecule has 39 heavy (non-hydrogen) atoms. The van der Waals surface area contributed by atoms with Crippen molar-refractivity contribution in [1.29, 1.82) is 0 Å². The summed E-state index contributed by atoms with van der Waals surface area (Å²) in [6.45, 7) is 13.7. The van der Waals surface area contributed by atoms with Crippen molar-refractivity contribution in [1.82, 2.24) is 14.1 Å². The van der Waals surface area contributed by atoms with Crippen LogP contribution in [0.1, 0.15) is 69.6 Å². The molecule has 0 N–H and O–H groups in total. The molecule has 2 aromatic heterocycles. The molecule has 0 atom stereocenters. The topological polar surface area (TPSA) is 35.1 Å². The molecule has 0 spiro atoms. The highest BCUT2D eigenvalue weighted by Gasteiger charge is 2.18. The van der Waals surface area contributed by atoms with Gasteiger partial charge in [-0.2, -0.15) is 0 Å². The predicted octanol–water partition coefficient (Wildman–Crippen LogP) is 9.23. The van der Waals surface area contributed by atoms with E-state index in [0.717, 1.165) is 29.2 Å². The number of allylic oxidation sites excluding steroid dienone is 3. The summed E-state index contributed by atoms with van der Waals surface area (Å²) in [5.41, 5.74) is 10.3. The largest absolute Gasteiger partial charge is 0.318 e. The lowest BCUT2D eigenvalue weighted by molar-refractivity contribution is 0.661. The number of rotatable bonds is 5. The van der Waals surface area contributed by atoms with Crippen LogP contribution in [-0.4, -0.2) is 27.4 Å². The lowest BCUT2D eigenvalue weighted by Gasteiger charge is -2.18. The number of aromatic nitrogens is 3. The fourth-order valence-corrected chi connectivity index (χ4v) is 5.06. The average Bonchev–Trinajstić information content (AvgIpc) is 3.55. The molecule has 4 nitrogen and oxygen atoms in total. The van der Waals surface area contributed by atoms with Crippen molar-refractivity contribution in [3.8, 4) is 22.8 Å². The van der Waals surface area contributed by atoms with Crippen molar-refractivity contribution in [2.45, 2.75) is 66.7 Å². The Morgan fingerprint density at radius 3 is 2.15 bits per heavy atom. The van der Waals surface area contributed by atoms with Gasteiger partial charge in [0.1, 0.15) is 5.82 Å². The predicted molar refractivity (Wildman–Crippen MR) is 170 cm³/mol. The van der Waals surface area contributed by atoms with E-state index in [0.29, 0.717) is 0 Å². The van der Waals surface area contributed by atoms with E-state index in [4.69, 9.17) is 4.98 Å². The van der Waals surface area contributed by atoms with Gasteiger partial charge in [0.2, 0.25) is 0 Å². The molecular weight excluding hydrogens is 476 g/mol. The first-order valence-electron chi connectivity index (χ1n) is 14.1. The van der Waals surface area contributed by atoms with Crippen LogP contribution in [0.3, 0.4) is 0 Å². The summed E-state index contributed by atoms with van der Waals surface area (Å²) in [7, 11) is 1.75. The van der Waals surface area contributed by atoms with Crippen LogP contribution in [0, 0.1) is 6.92 Å². The molecule has 2 heterocycles. The van der Waals surface area contributed by atoms with Gasteiger partial charge in [-0.3, -0.25) is 4.57 Å². The zero-order chi connectivity index (χ0) is 28.2. The summed E-state index contributed by atoms with van der Waals surface area (Å²) in [6, 6.07) is 21.8. The van der Waals surface area contributed by atoms with Crippen LogP contribution in [0.5, 0.6) is 0 Å². The molecule has 1 aliphatic carbocycles. The number of hydrogen-bond acceptors (Lipinski definition) is 2. The second-order valence-electron chi connectivity index (χ2n) is 9.71. The van der Waals surface area contributed by atoms with E-state index in [1.54, 1.807) is 19.3 Å². The normalized spacial score (nSPS) is 12.7. The SMILES string of the molecule is C=CC.CC/C=C(\C)c1cnc(-c2ccccc2)n1-c1ccc(-n2c(C)cc3c2CCCC3)cc1.CC=NC. The average molecular weight is 521 g/mol. The van der Waals surface area contributed by atoms with Crippen molar-refractivity contribution in [3.63, 3.8) is 0 Å². The summed E-state index contributed by atoms with van der Waals surface area (Å²) >= 11 is 0. The first-order chi connectivity index (χ1) is 19.0. The molecule has 0 radical (unpaired) electrons. The van der Waals surface area contributed by atoms with Crippen LogP contribution in [0.4, 0.5) is 0 Å². The Kier molecular flexibility index (Phi) is 11.3. The molecule has 0 saturated carbocycles. The zero-order valence-electron chi connectivity index (χ0n) is 24.6. The molecule has 4 aromatic rings. The lowest BCUT2D eigenvalue weighted by Crippen LogP contribution is -2.08. The Labute approximate surface area is 235 Å². The number of nitrogens with zero attached hydrogens (tertiary/aromatic N) is 4. The van der Waals surface area contributed by atoms with Crippen molar-refractivity contribution in [2.75, 3.05) is 7.05 Å². The van der Waals surface area contributed by atoms with E-state index < -0.39 is 0 Å². The Morgan fingerprint density at radius 1 is 0.974 bits per heavy atom. The monoisotopic (exact) mass is 520 g/mol. The molecular formula is C35H44N4. The molecule has 2 aromatic carbocycles. The van der Waals surface area contributed by atoms with E-state index in [-0.39, 0.29) is 0 Å². The van der Waals surface area contributed by atoms with Gasteiger partial charge in [0.05, 0.1) is 11.9 Å². The van der Waals surface area contributed by atoms with Crippen LogP contribution >= 0.6 is 0 Å². The molecule has 0 fully saturated rings. The van der Waals surface area contributed by atoms with Gasteiger partial charge in [0.25, 0.3) is 0 Å². The first kappa shape index (κ1) is 29.6. The van der Waals surface area contributed by atoms with Gasteiger partial charge in [-0.15, -0.1) is 6.58 Å². The molecule has 0 saturated heterocycles. The Bertz CT molecular complexity index is 1380. The third-order valence-electron chi connectivity index (χ3n) is 6.82. The van der Waals surface area contributed by atoms with Crippen LogP contribution < -0.4 is 0 Å². The third kappa shape index (κ3) is 7.14. The van der Waals surface area contributed by atoms with Gasteiger partial charge in [0.15, 0.2) is 0 Å². The summed E-state index contributed by atoms with van der Waals surface area (Å²) in [5, 5.41) is 0. The quantitative estimate of drug-likeness (QED) is 0.191. The maximum Gasteiger partial charge on any atom is 0.144 e. The van der Waals surface area contributed by atoms with Gasteiger partial charge in [-0.05, 0) is 107 Å². The minimum Gasteiger partial charge on any atom is -0.318 e. The fourth-order valence-electron chi connectivity index (χ4n) is 5.06. The molecule has 0 unspecified atom stereocenters. The molecule has 0 bridgehead atoms. The van der Waals surface area contributed by atoms with Gasteiger partial charge in [-0.25, -0.2) is 4.98 Å². The highest BCUT2D eigenvalue weighted by atomic mass is 15.1. The van der Waals surface area contributed by atoms with Gasteiger partial charge in [0, 0.05) is 35.4 Å². The third-order valence-corrected chi connectivity index (χ3v) is 6.82. The summed E-state index contributed by atoms with van der Waals surface area (Å²) < 4.78 is 4.74. The zero-order valence-corrected chi connectivity index (χ0v) is 24.6. The molecule has 0 amide bonds. The summed E-state index contributed by atoms with van der Waals surface area (Å²) in [6.07, 6.45) is 13.8. The maximum atomic E-state index is 4.83. The summed E-state index contributed by atoms with van der Waals surface area (Å²) in [4.78, 5) is 8.44. The van der Waals surface area contributed by atoms with E-state index in [1.165, 1.54) is 53.9 Å². The van der Waals surface area contributed by atoms with Crippen LogP contribution in [0.2, 0.25) is 0 Å². The number of benzene rings is 2. The molecule has 204 valence electrons. The van der Waals surface area contributed by atoms with Crippen molar-refractivity contribution in [3.05, 3.63) is 108 Å². The maximum absolute atomic E-state index is 4.83. The van der Waals surface area contributed by atoms with E-state index in [2.05, 4.69) is 108 Å². The van der Waals surface area contributed by atoms with E-state index in [1.807, 2.05) is 20.0 Å². The standard InChI is InChI=1S/C29H31N3.C3H7N.C3H6/c1-4-10-21(2)28-20-30-29(23-11-6-5-7-12-23)32(28)26-17-15-25(16-18-26)31-22(3)19-24-13-8-9-14-27(24)31;1-3-4-2;1-3-2/h5-7,10-12,15-20H,4,8-9,13-14H2,1-3H3;3H,1-2H3;3H,1H2,2H3/b21-10+;;. The molecule has 0 aliphatic heterocycles. The van der Waals surface area contributed by atoms with E-state index >= 15 is 0 Å². The van der Waals surface area contributed by atoms with Crippen molar-refractivity contribution >= 4 is 11.8 Å². The Morgan fingerprint density at radius 2 is 1.56 bits per heavy atom. The van der Waals surface area contributed by atoms with Crippen LogP contribution in [0.15, 0.2) is 90.6 Å². The number of aliphatic imine (C=N–C) groups is 1.